The highest BCUT2D eigenvalue weighted by molar-refractivity contribution is 9.10. The summed E-state index contributed by atoms with van der Waals surface area (Å²) in [4.78, 5) is 10.6. The van der Waals surface area contributed by atoms with Gasteiger partial charge in [-0.2, -0.15) is 0 Å². The van der Waals surface area contributed by atoms with E-state index in [2.05, 4.69) is 20.7 Å². The molecule has 4 N–H and O–H groups in total. The van der Waals surface area contributed by atoms with Gasteiger partial charge in [0.05, 0.1) is 10.0 Å². The van der Waals surface area contributed by atoms with Crippen LogP contribution in [0.4, 0.5) is 18.9 Å². The second-order valence-corrected chi connectivity index (χ2v) is 4.02. The van der Waals surface area contributed by atoms with Crippen LogP contribution >= 0.6 is 15.9 Å². The third-order valence-electron chi connectivity index (χ3n) is 1.91. The van der Waals surface area contributed by atoms with E-state index in [0.717, 1.165) is 12.1 Å². The maximum absolute atomic E-state index is 12.2. The maximum Gasteiger partial charge on any atom is 0.573 e. The number of rotatable bonds is 3. The van der Waals surface area contributed by atoms with Crippen LogP contribution in [0.2, 0.25) is 0 Å². The second kappa shape index (κ2) is 5.02. The number of nitrogen functional groups attached to an aromatic ring is 1. The molecule has 0 aromatic heterocycles. The molecule has 0 aliphatic carbocycles. The molecule has 1 atom stereocenters. The average Bonchev–Trinajstić information content (AvgIpc) is 2.21. The molecule has 1 unspecified atom stereocenters. The summed E-state index contributed by atoms with van der Waals surface area (Å²) in [6, 6.07) is 2.29. The minimum Gasteiger partial charge on any atom is -0.479 e. The van der Waals surface area contributed by atoms with E-state index in [-0.39, 0.29) is 10.2 Å². The van der Waals surface area contributed by atoms with Crippen molar-refractivity contribution in [3.05, 3.63) is 22.2 Å². The fourth-order valence-corrected chi connectivity index (χ4v) is 1.64. The van der Waals surface area contributed by atoms with Gasteiger partial charge in [-0.1, -0.05) is 0 Å². The molecule has 0 aliphatic heterocycles. The number of alkyl halides is 3. The zero-order valence-electron chi connectivity index (χ0n) is 8.53. The van der Waals surface area contributed by atoms with Gasteiger partial charge in [-0.05, 0) is 28.1 Å². The van der Waals surface area contributed by atoms with Crippen molar-refractivity contribution in [2.75, 3.05) is 5.73 Å². The summed E-state index contributed by atoms with van der Waals surface area (Å²) < 4.78 is 40.0. The summed E-state index contributed by atoms with van der Waals surface area (Å²) in [6.07, 6.45) is -7.26. The van der Waals surface area contributed by atoms with Crippen LogP contribution in [-0.2, 0) is 4.79 Å². The molecule has 1 aromatic carbocycles. The Morgan fingerprint density at radius 3 is 2.44 bits per heavy atom. The third-order valence-corrected chi connectivity index (χ3v) is 2.53. The van der Waals surface area contributed by atoms with Gasteiger partial charge in [0.25, 0.3) is 0 Å². The summed E-state index contributed by atoms with van der Waals surface area (Å²) in [5.74, 6) is -2.62. The van der Waals surface area contributed by atoms with E-state index >= 15 is 0 Å². The molecule has 18 heavy (non-hydrogen) atoms. The summed E-state index contributed by atoms with van der Waals surface area (Å²) in [5, 5.41) is 17.9. The number of ether oxygens (including phenoxy) is 1. The van der Waals surface area contributed by atoms with Gasteiger partial charge in [0, 0.05) is 5.69 Å². The Kier molecular flexibility index (Phi) is 4.07. The third kappa shape index (κ3) is 3.26. The number of aliphatic hydroxyl groups is 1. The maximum atomic E-state index is 12.2. The van der Waals surface area contributed by atoms with Crippen LogP contribution in [0.1, 0.15) is 11.7 Å². The molecule has 0 radical (unpaired) electrons. The largest absolute Gasteiger partial charge is 0.573 e. The second-order valence-electron chi connectivity index (χ2n) is 3.17. The van der Waals surface area contributed by atoms with Crippen LogP contribution < -0.4 is 10.5 Å². The standard InChI is InChI=1S/C9H7BrF3NO4/c10-3-1-2-4(14)5(6(15)8(16)17)7(3)18-9(11,12)13/h1-2,6,15H,14H2,(H,16,17). The first-order valence-electron chi connectivity index (χ1n) is 4.38. The lowest BCUT2D eigenvalue weighted by atomic mass is 10.1. The zero-order valence-corrected chi connectivity index (χ0v) is 10.1. The molecule has 0 saturated heterocycles. The number of carboxylic acids is 1. The van der Waals surface area contributed by atoms with Gasteiger partial charge in [0.15, 0.2) is 11.9 Å². The smallest absolute Gasteiger partial charge is 0.479 e. The van der Waals surface area contributed by atoms with Crippen molar-refractivity contribution in [1.82, 2.24) is 0 Å². The SMILES string of the molecule is Nc1ccc(Br)c(OC(F)(F)F)c1C(O)C(=O)O. The normalized spacial score (nSPS) is 13.2. The first kappa shape index (κ1) is 14.6. The van der Waals surface area contributed by atoms with E-state index in [1.807, 2.05) is 0 Å². The lowest BCUT2D eigenvalue weighted by Crippen LogP contribution is -2.21. The van der Waals surface area contributed by atoms with Crippen LogP contribution in [0.25, 0.3) is 0 Å². The Hall–Kier alpha value is -1.48. The molecule has 0 bridgehead atoms. The number of aliphatic hydroxyl groups excluding tert-OH is 1. The number of nitrogens with two attached hydrogens (primary N) is 1. The molecule has 0 heterocycles. The van der Waals surface area contributed by atoms with Crippen molar-refractivity contribution < 1.29 is 32.9 Å². The fourth-order valence-electron chi connectivity index (χ4n) is 1.21. The molecule has 0 fully saturated rings. The monoisotopic (exact) mass is 329 g/mol. The van der Waals surface area contributed by atoms with E-state index in [1.54, 1.807) is 0 Å². The van der Waals surface area contributed by atoms with Crippen molar-refractivity contribution in [3.63, 3.8) is 0 Å². The van der Waals surface area contributed by atoms with Crippen molar-refractivity contribution >= 4 is 27.6 Å². The first-order chi connectivity index (χ1) is 8.13. The Morgan fingerprint density at radius 2 is 2.00 bits per heavy atom. The van der Waals surface area contributed by atoms with E-state index < -0.39 is 29.7 Å². The van der Waals surface area contributed by atoms with Crippen LogP contribution in [0, 0.1) is 0 Å². The van der Waals surface area contributed by atoms with Gasteiger partial charge < -0.3 is 20.7 Å². The molecule has 0 amide bonds. The number of carboxylic acid groups (broad SMARTS) is 1. The minimum absolute atomic E-state index is 0.177. The molecule has 0 saturated carbocycles. The molecule has 0 spiro atoms. The highest BCUT2D eigenvalue weighted by Gasteiger charge is 2.35. The van der Waals surface area contributed by atoms with Gasteiger partial charge in [-0.15, -0.1) is 13.2 Å². The number of benzene rings is 1. The van der Waals surface area contributed by atoms with E-state index in [4.69, 9.17) is 10.8 Å². The van der Waals surface area contributed by atoms with Gasteiger partial charge in [-0.25, -0.2) is 4.79 Å². The van der Waals surface area contributed by atoms with Crippen molar-refractivity contribution in [3.8, 4) is 5.75 Å². The van der Waals surface area contributed by atoms with Crippen molar-refractivity contribution in [2.24, 2.45) is 0 Å². The molecular weight excluding hydrogens is 323 g/mol. The van der Waals surface area contributed by atoms with Crippen LogP contribution in [0.15, 0.2) is 16.6 Å². The number of anilines is 1. The highest BCUT2D eigenvalue weighted by Crippen LogP contribution is 2.40. The fraction of sp³-hybridized carbons (Fsp3) is 0.222. The number of hydrogen-bond acceptors (Lipinski definition) is 4. The van der Waals surface area contributed by atoms with Gasteiger partial charge in [0.1, 0.15) is 0 Å². The highest BCUT2D eigenvalue weighted by atomic mass is 79.9. The zero-order chi connectivity index (χ0) is 14.1. The molecule has 100 valence electrons. The first-order valence-corrected chi connectivity index (χ1v) is 5.17. The topological polar surface area (TPSA) is 92.8 Å². The molecule has 1 rings (SSSR count). The van der Waals surface area contributed by atoms with E-state index in [1.165, 1.54) is 0 Å². The lowest BCUT2D eigenvalue weighted by Gasteiger charge is -2.18. The van der Waals surface area contributed by atoms with Gasteiger partial charge in [0.2, 0.25) is 0 Å². The molecule has 1 aromatic rings. The number of halogens is 4. The lowest BCUT2D eigenvalue weighted by molar-refractivity contribution is -0.275. The number of carbonyl (C=O) groups is 1. The Balaban J connectivity index is 3.38. The Bertz CT molecular complexity index is 478. The summed E-state index contributed by atoms with van der Waals surface area (Å²) >= 11 is 2.77. The quantitative estimate of drug-likeness (QED) is 0.738. The van der Waals surface area contributed by atoms with Gasteiger partial charge >= 0.3 is 12.3 Å². The Morgan fingerprint density at radius 1 is 1.44 bits per heavy atom. The minimum atomic E-state index is -5.04. The summed E-state index contributed by atoms with van der Waals surface area (Å²) in [5.41, 5.74) is 4.37. The molecule has 5 nitrogen and oxygen atoms in total. The van der Waals surface area contributed by atoms with Crippen molar-refractivity contribution in [1.29, 1.82) is 0 Å². The van der Waals surface area contributed by atoms with E-state index in [9.17, 15) is 23.1 Å². The molecule has 9 heteroatoms. The summed E-state index contributed by atoms with van der Waals surface area (Å²) in [7, 11) is 0. The predicted molar refractivity (Wildman–Crippen MR) is 57.8 cm³/mol. The van der Waals surface area contributed by atoms with Crippen LogP contribution in [-0.4, -0.2) is 22.5 Å². The molecule has 0 aliphatic rings. The average molecular weight is 330 g/mol. The van der Waals surface area contributed by atoms with Crippen LogP contribution in [0.5, 0.6) is 5.75 Å². The predicted octanol–water partition coefficient (Wildman–Crippen LogP) is 2.05. The van der Waals surface area contributed by atoms with Crippen molar-refractivity contribution in [2.45, 2.75) is 12.5 Å². The summed E-state index contributed by atoms with van der Waals surface area (Å²) in [6.45, 7) is 0. The van der Waals surface area contributed by atoms with Crippen LogP contribution in [0.3, 0.4) is 0 Å². The Labute approximate surface area is 107 Å². The number of aliphatic carboxylic acids is 1. The van der Waals surface area contributed by atoms with E-state index in [0.29, 0.717) is 0 Å². The van der Waals surface area contributed by atoms with Gasteiger partial charge in [-0.3, -0.25) is 0 Å². The molecular formula is C9H7BrF3NO4. The number of hydrogen-bond donors (Lipinski definition) is 3.